The first-order valence-electron chi connectivity index (χ1n) is 7.43. The summed E-state index contributed by atoms with van der Waals surface area (Å²) in [6, 6.07) is 12.4. The van der Waals surface area contributed by atoms with Gasteiger partial charge in [0, 0.05) is 12.6 Å². The Kier molecular flexibility index (Phi) is 5.78. The van der Waals surface area contributed by atoms with Crippen molar-refractivity contribution in [2.45, 2.75) is 13.8 Å². The van der Waals surface area contributed by atoms with Crippen LogP contribution >= 0.6 is 0 Å². The first kappa shape index (κ1) is 17.3. The molecule has 2 aromatic carbocycles. The molecule has 0 aliphatic carbocycles. The molecular weight excluding hydrogens is 308 g/mol. The Balaban J connectivity index is 2.03. The zero-order valence-corrected chi connectivity index (χ0v) is 13.9. The van der Waals surface area contributed by atoms with E-state index in [2.05, 4.69) is 10.6 Å². The van der Waals surface area contributed by atoms with E-state index in [0.717, 1.165) is 5.56 Å². The van der Waals surface area contributed by atoms with Crippen LogP contribution in [0.5, 0.6) is 11.5 Å². The highest BCUT2D eigenvalue weighted by atomic mass is 16.5. The second-order valence-corrected chi connectivity index (χ2v) is 5.25. The molecule has 0 aliphatic rings. The van der Waals surface area contributed by atoms with Crippen LogP contribution in [-0.2, 0) is 9.59 Å². The van der Waals surface area contributed by atoms with Crippen LogP contribution in [0.2, 0.25) is 0 Å². The number of methoxy groups -OCH3 is 1. The topological polar surface area (TPSA) is 76.7 Å². The number of hydrogen-bond acceptors (Lipinski definition) is 4. The summed E-state index contributed by atoms with van der Waals surface area (Å²) >= 11 is 0. The Morgan fingerprint density at radius 3 is 2.54 bits per heavy atom. The minimum atomic E-state index is -0.324. The number of nitrogens with one attached hydrogen (secondary N) is 2. The van der Waals surface area contributed by atoms with Gasteiger partial charge in [0.25, 0.3) is 5.91 Å². The molecule has 0 heterocycles. The highest BCUT2D eigenvalue weighted by molar-refractivity contribution is 5.95. The van der Waals surface area contributed by atoms with Crippen LogP contribution in [0.1, 0.15) is 12.5 Å². The number of aryl methyl sites for hydroxylation is 1. The van der Waals surface area contributed by atoms with Gasteiger partial charge in [-0.3, -0.25) is 9.59 Å². The van der Waals surface area contributed by atoms with Crippen LogP contribution in [0, 0.1) is 6.92 Å². The van der Waals surface area contributed by atoms with E-state index in [1.165, 1.54) is 14.0 Å². The lowest BCUT2D eigenvalue weighted by atomic mass is 10.2. The van der Waals surface area contributed by atoms with Gasteiger partial charge in [0.05, 0.1) is 12.8 Å². The molecule has 0 fully saturated rings. The van der Waals surface area contributed by atoms with Gasteiger partial charge in [0.2, 0.25) is 5.91 Å². The number of carbonyl (C=O) groups is 2. The highest BCUT2D eigenvalue weighted by Crippen LogP contribution is 2.27. The molecule has 24 heavy (non-hydrogen) atoms. The molecule has 6 nitrogen and oxygen atoms in total. The Morgan fingerprint density at radius 1 is 1.08 bits per heavy atom. The fraction of sp³-hybridized carbons (Fsp3) is 0.222. The summed E-state index contributed by atoms with van der Waals surface area (Å²) in [5.74, 6) is 0.604. The minimum absolute atomic E-state index is 0.128. The van der Waals surface area contributed by atoms with Gasteiger partial charge in [-0.15, -0.1) is 0 Å². The number of ether oxygens (including phenoxy) is 2. The summed E-state index contributed by atoms with van der Waals surface area (Å²) in [4.78, 5) is 23.2. The van der Waals surface area contributed by atoms with Crippen LogP contribution < -0.4 is 20.1 Å². The largest absolute Gasteiger partial charge is 0.495 e. The molecule has 2 aromatic rings. The van der Waals surface area contributed by atoms with Crippen LogP contribution in [0.15, 0.2) is 42.5 Å². The number of anilines is 2. The van der Waals surface area contributed by atoms with E-state index in [-0.39, 0.29) is 18.4 Å². The van der Waals surface area contributed by atoms with Gasteiger partial charge in [-0.2, -0.15) is 0 Å². The van der Waals surface area contributed by atoms with Gasteiger partial charge >= 0.3 is 0 Å². The molecular formula is C18H20N2O4. The molecule has 0 aliphatic heterocycles. The lowest BCUT2D eigenvalue weighted by Gasteiger charge is -2.13. The number of hydrogen-bond donors (Lipinski definition) is 2. The third kappa shape index (κ3) is 5.01. The van der Waals surface area contributed by atoms with E-state index in [1.807, 2.05) is 25.1 Å². The van der Waals surface area contributed by atoms with Gasteiger partial charge in [-0.05, 0) is 42.8 Å². The maximum atomic E-state index is 12.1. The molecule has 126 valence electrons. The summed E-state index contributed by atoms with van der Waals surface area (Å²) in [6.07, 6.45) is 0. The highest BCUT2D eigenvalue weighted by Gasteiger charge is 2.10. The Labute approximate surface area is 140 Å². The van der Waals surface area contributed by atoms with Crippen molar-refractivity contribution in [1.82, 2.24) is 0 Å². The third-order valence-corrected chi connectivity index (χ3v) is 3.15. The van der Waals surface area contributed by atoms with Crippen molar-refractivity contribution in [3.8, 4) is 11.5 Å². The van der Waals surface area contributed by atoms with Crippen molar-refractivity contribution in [3.05, 3.63) is 48.0 Å². The first-order valence-corrected chi connectivity index (χ1v) is 7.43. The molecule has 6 heteroatoms. The van der Waals surface area contributed by atoms with Gasteiger partial charge in [0.15, 0.2) is 6.61 Å². The second kappa shape index (κ2) is 8.01. The third-order valence-electron chi connectivity index (χ3n) is 3.15. The quantitative estimate of drug-likeness (QED) is 0.855. The smallest absolute Gasteiger partial charge is 0.262 e. The second-order valence-electron chi connectivity index (χ2n) is 5.25. The van der Waals surface area contributed by atoms with E-state index < -0.39 is 0 Å². The summed E-state index contributed by atoms with van der Waals surface area (Å²) in [5, 5.41) is 5.38. The zero-order valence-electron chi connectivity index (χ0n) is 13.9. The van der Waals surface area contributed by atoms with Crippen molar-refractivity contribution in [3.63, 3.8) is 0 Å². The van der Waals surface area contributed by atoms with Crippen LogP contribution in [0.3, 0.4) is 0 Å². The number of benzene rings is 2. The van der Waals surface area contributed by atoms with Crippen molar-refractivity contribution in [2.24, 2.45) is 0 Å². The van der Waals surface area contributed by atoms with Gasteiger partial charge in [-0.25, -0.2) is 0 Å². The van der Waals surface area contributed by atoms with Crippen molar-refractivity contribution in [2.75, 3.05) is 24.4 Å². The fourth-order valence-corrected chi connectivity index (χ4v) is 2.13. The van der Waals surface area contributed by atoms with Crippen molar-refractivity contribution >= 4 is 23.2 Å². The number of carbonyl (C=O) groups excluding carboxylic acids is 2. The predicted molar refractivity (Wildman–Crippen MR) is 92.6 cm³/mol. The van der Waals surface area contributed by atoms with E-state index >= 15 is 0 Å². The predicted octanol–water partition coefficient (Wildman–Crippen LogP) is 2.98. The average Bonchev–Trinajstić information content (AvgIpc) is 2.53. The monoisotopic (exact) mass is 328 g/mol. The molecule has 0 saturated carbocycles. The summed E-state index contributed by atoms with van der Waals surface area (Å²) in [5.41, 5.74) is 2.08. The number of rotatable bonds is 6. The molecule has 2 N–H and O–H groups in total. The first-order chi connectivity index (χ1) is 11.5. The van der Waals surface area contributed by atoms with E-state index in [0.29, 0.717) is 22.9 Å². The van der Waals surface area contributed by atoms with Crippen molar-refractivity contribution in [1.29, 1.82) is 0 Å². The number of amides is 2. The standard InChI is InChI=1S/C18H20N2O4/c1-12-5-4-6-15(9-12)24-11-18(22)20-16-10-14(19-13(2)21)7-8-17(16)23-3/h4-10H,11H2,1-3H3,(H,19,21)(H,20,22). The summed E-state index contributed by atoms with van der Waals surface area (Å²) in [7, 11) is 1.51. The maximum absolute atomic E-state index is 12.1. The lowest BCUT2D eigenvalue weighted by molar-refractivity contribution is -0.118. The van der Waals surface area contributed by atoms with E-state index in [9.17, 15) is 9.59 Å². The molecule has 0 atom stereocenters. The molecule has 2 amide bonds. The molecule has 2 rings (SSSR count). The average molecular weight is 328 g/mol. The van der Waals surface area contributed by atoms with Gasteiger partial charge in [-0.1, -0.05) is 12.1 Å². The van der Waals surface area contributed by atoms with Crippen molar-refractivity contribution < 1.29 is 19.1 Å². The van der Waals surface area contributed by atoms with Gasteiger partial charge < -0.3 is 20.1 Å². The van der Waals surface area contributed by atoms with E-state index in [1.54, 1.807) is 24.3 Å². The molecule has 0 saturated heterocycles. The maximum Gasteiger partial charge on any atom is 0.262 e. The fourth-order valence-electron chi connectivity index (χ4n) is 2.13. The Morgan fingerprint density at radius 2 is 1.88 bits per heavy atom. The molecule has 0 unspecified atom stereocenters. The molecule has 0 radical (unpaired) electrons. The zero-order chi connectivity index (χ0) is 17.5. The van der Waals surface area contributed by atoms with Crippen LogP contribution in [-0.4, -0.2) is 25.5 Å². The summed E-state index contributed by atoms with van der Waals surface area (Å²) < 4.78 is 10.7. The SMILES string of the molecule is COc1ccc(NC(C)=O)cc1NC(=O)COc1cccc(C)c1. The molecule has 0 spiro atoms. The Hall–Kier alpha value is -3.02. The summed E-state index contributed by atoms with van der Waals surface area (Å²) in [6.45, 7) is 3.24. The van der Waals surface area contributed by atoms with E-state index in [4.69, 9.17) is 9.47 Å². The van der Waals surface area contributed by atoms with Gasteiger partial charge in [0.1, 0.15) is 11.5 Å². The lowest BCUT2D eigenvalue weighted by Crippen LogP contribution is -2.20. The molecule has 0 aromatic heterocycles. The van der Waals surface area contributed by atoms with Crippen LogP contribution in [0.4, 0.5) is 11.4 Å². The Bertz CT molecular complexity index is 744. The van der Waals surface area contributed by atoms with Crippen LogP contribution in [0.25, 0.3) is 0 Å². The molecule has 0 bridgehead atoms. The minimum Gasteiger partial charge on any atom is -0.495 e. The normalized spacial score (nSPS) is 9.96.